The van der Waals surface area contributed by atoms with Gasteiger partial charge in [0.1, 0.15) is 0 Å². The zero-order chi connectivity index (χ0) is 12.8. The van der Waals surface area contributed by atoms with E-state index in [1.54, 1.807) is 6.07 Å². The van der Waals surface area contributed by atoms with Gasteiger partial charge in [-0.15, -0.1) is 0 Å². The van der Waals surface area contributed by atoms with Crippen molar-refractivity contribution >= 4 is 5.69 Å². The van der Waals surface area contributed by atoms with Gasteiger partial charge in [0.25, 0.3) is 0 Å². The number of ether oxygens (including phenoxy) is 1. The van der Waals surface area contributed by atoms with Crippen LogP contribution in [0.4, 0.5) is 10.1 Å². The van der Waals surface area contributed by atoms with Gasteiger partial charge in [-0.3, -0.25) is 0 Å². The van der Waals surface area contributed by atoms with Crippen LogP contribution in [0.15, 0.2) is 18.2 Å². The average molecular weight is 252 g/mol. The van der Waals surface area contributed by atoms with Crippen molar-refractivity contribution in [3.8, 4) is 5.75 Å². The molecule has 0 saturated carbocycles. The third-order valence-corrected chi connectivity index (χ3v) is 3.20. The molecule has 3 nitrogen and oxygen atoms in total. The molecule has 2 rings (SSSR count). The molecular weight excluding hydrogens is 231 g/mol. The first-order valence-corrected chi connectivity index (χ1v) is 6.69. The Bertz CT molecular complexity index is 378. The Morgan fingerprint density at radius 1 is 1.44 bits per heavy atom. The normalized spacial score (nSPS) is 19.6. The SMILES string of the molecule is CCOc1ccc(NCC2CCCCN2)cc1F. The van der Waals surface area contributed by atoms with Crippen molar-refractivity contribution in [2.24, 2.45) is 0 Å². The maximum absolute atomic E-state index is 13.6. The summed E-state index contributed by atoms with van der Waals surface area (Å²) in [7, 11) is 0. The van der Waals surface area contributed by atoms with Crippen molar-refractivity contribution in [2.45, 2.75) is 32.2 Å². The minimum absolute atomic E-state index is 0.307. The molecule has 0 spiro atoms. The van der Waals surface area contributed by atoms with Crippen molar-refractivity contribution in [3.05, 3.63) is 24.0 Å². The molecule has 0 aromatic heterocycles. The summed E-state index contributed by atoms with van der Waals surface area (Å²) in [6.45, 7) is 4.26. The minimum Gasteiger partial charge on any atom is -0.491 e. The molecule has 1 fully saturated rings. The number of nitrogens with one attached hydrogen (secondary N) is 2. The molecule has 2 N–H and O–H groups in total. The van der Waals surface area contributed by atoms with Crippen molar-refractivity contribution in [1.82, 2.24) is 5.32 Å². The monoisotopic (exact) mass is 252 g/mol. The molecule has 0 aliphatic carbocycles. The molecule has 0 amide bonds. The molecule has 100 valence electrons. The topological polar surface area (TPSA) is 33.3 Å². The zero-order valence-electron chi connectivity index (χ0n) is 10.8. The molecule has 4 heteroatoms. The molecule has 1 aliphatic rings. The highest BCUT2D eigenvalue weighted by Crippen LogP contribution is 2.21. The molecule has 1 aromatic carbocycles. The number of piperidine rings is 1. The van der Waals surface area contributed by atoms with Gasteiger partial charge in [-0.25, -0.2) is 4.39 Å². The van der Waals surface area contributed by atoms with E-state index in [0.29, 0.717) is 18.4 Å². The molecule has 1 aliphatic heterocycles. The molecule has 1 aromatic rings. The Kier molecular flexibility index (Phi) is 4.81. The number of anilines is 1. The second kappa shape index (κ2) is 6.59. The van der Waals surface area contributed by atoms with Crippen LogP contribution >= 0.6 is 0 Å². The third-order valence-electron chi connectivity index (χ3n) is 3.20. The van der Waals surface area contributed by atoms with E-state index in [1.165, 1.54) is 25.3 Å². The third kappa shape index (κ3) is 3.60. The lowest BCUT2D eigenvalue weighted by Gasteiger charge is -2.24. The van der Waals surface area contributed by atoms with E-state index in [1.807, 2.05) is 13.0 Å². The lowest BCUT2D eigenvalue weighted by molar-refractivity contribution is 0.321. The molecule has 1 unspecified atom stereocenters. The first kappa shape index (κ1) is 13.1. The van der Waals surface area contributed by atoms with Gasteiger partial charge in [0.2, 0.25) is 0 Å². The van der Waals surface area contributed by atoms with Crippen molar-refractivity contribution < 1.29 is 9.13 Å². The van der Waals surface area contributed by atoms with E-state index >= 15 is 0 Å². The van der Waals surface area contributed by atoms with Crippen molar-refractivity contribution in [2.75, 3.05) is 25.0 Å². The number of hydrogen-bond donors (Lipinski definition) is 2. The maximum Gasteiger partial charge on any atom is 0.167 e. The summed E-state index contributed by atoms with van der Waals surface area (Å²) in [6.07, 6.45) is 3.72. The van der Waals surface area contributed by atoms with Gasteiger partial charge in [0, 0.05) is 24.3 Å². The van der Waals surface area contributed by atoms with Gasteiger partial charge in [-0.05, 0) is 38.4 Å². The summed E-state index contributed by atoms with van der Waals surface area (Å²) >= 11 is 0. The first-order valence-electron chi connectivity index (χ1n) is 6.69. The largest absolute Gasteiger partial charge is 0.491 e. The van der Waals surface area contributed by atoms with Crippen molar-refractivity contribution in [1.29, 1.82) is 0 Å². The van der Waals surface area contributed by atoms with Crippen molar-refractivity contribution in [3.63, 3.8) is 0 Å². The fourth-order valence-corrected chi connectivity index (χ4v) is 2.22. The Morgan fingerprint density at radius 3 is 3.00 bits per heavy atom. The summed E-state index contributed by atoms with van der Waals surface area (Å²) in [4.78, 5) is 0. The van der Waals surface area contributed by atoms with Gasteiger partial charge >= 0.3 is 0 Å². The Labute approximate surface area is 108 Å². The molecule has 1 atom stereocenters. The van der Waals surface area contributed by atoms with E-state index in [2.05, 4.69) is 10.6 Å². The predicted molar refractivity (Wildman–Crippen MR) is 71.7 cm³/mol. The van der Waals surface area contributed by atoms with Crippen LogP contribution in [-0.4, -0.2) is 25.7 Å². The molecular formula is C14H21FN2O. The van der Waals surface area contributed by atoms with Crippen LogP contribution in [0.25, 0.3) is 0 Å². The molecule has 18 heavy (non-hydrogen) atoms. The second-order valence-corrected chi connectivity index (χ2v) is 4.61. The molecule has 1 saturated heterocycles. The average Bonchev–Trinajstić information content (AvgIpc) is 2.41. The standard InChI is InChI=1S/C14H21FN2O/c1-2-18-14-7-6-11(9-13(14)15)17-10-12-5-3-4-8-16-12/h6-7,9,12,16-17H,2-5,8,10H2,1H3. The first-order chi connectivity index (χ1) is 8.79. The number of rotatable bonds is 5. The van der Waals surface area contributed by atoms with Gasteiger partial charge < -0.3 is 15.4 Å². The second-order valence-electron chi connectivity index (χ2n) is 4.61. The Balaban J connectivity index is 1.87. The van der Waals surface area contributed by atoms with E-state index < -0.39 is 0 Å². The van der Waals surface area contributed by atoms with Crippen LogP contribution in [0, 0.1) is 5.82 Å². The highest BCUT2D eigenvalue weighted by atomic mass is 19.1. The van der Waals surface area contributed by atoms with Gasteiger partial charge in [0.05, 0.1) is 6.61 Å². The van der Waals surface area contributed by atoms with Gasteiger partial charge in [-0.1, -0.05) is 6.42 Å². The Hall–Kier alpha value is -1.29. The van der Waals surface area contributed by atoms with Crippen LogP contribution in [0.2, 0.25) is 0 Å². The van der Waals surface area contributed by atoms with Gasteiger partial charge in [0.15, 0.2) is 11.6 Å². The van der Waals surface area contributed by atoms with Gasteiger partial charge in [-0.2, -0.15) is 0 Å². The van der Waals surface area contributed by atoms with Crippen LogP contribution < -0.4 is 15.4 Å². The highest BCUT2D eigenvalue weighted by Gasteiger charge is 2.12. The molecule has 0 radical (unpaired) electrons. The summed E-state index contributed by atoms with van der Waals surface area (Å²) in [5, 5.41) is 6.72. The lowest BCUT2D eigenvalue weighted by atomic mass is 10.1. The lowest BCUT2D eigenvalue weighted by Crippen LogP contribution is -2.39. The highest BCUT2D eigenvalue weighted by molar-refractivity contribution is 5.47. The van der Waals surface area contributed by atoms with E-state index in [0.717, 1.165) is 18.8 Å². The summed E-state index contributed by atoms with van der Waals surface area (Å²) in [5.41, 5.74) is 0.809. The predicted octanol–water partition coefficient (Wildman–Crippen LogP) is 2.78. The number of halogens is 1. The number of benzene rings is 1. The van der Waals surface area contributed by atoms with E-state index in [-0.39, 0.29) is 5.82 Å². The van der Waals surface area contributed by atoms with Crippen LogP contribution in [0.3, 0.4) is 0 Å². The quantitative estimate of drug-likeness (QED) is 0.845. The fraction of sp³-hybridized carbons (Fsp3) is 0.571. The summed E-state index contributed by atoms with van der Waals surface area (Å²) < 4.78 is 18.8. The minimum atomic E-state index is -0.307. The summed E-state index contributed by atoms with van der Waals surface area (Å²) in [6, 6.07) is 5.52. The van der Waals surface area contributed by atoms with E-state index in [9.17, 15) is 4.39 Å². The Morgan fingerprint density at radius 2 is 2.33 bits per heavy atom. The van der Waals surface area contributed by atoms with E-state index in [4.69, 9.17) is 4.74 Å². The van der Waals surface area contributed by atoms with Crippen LogP contribution in [-0.2, 0) is 0 Å². The molecule has 0 bridgehead atoms. The van der Waals surface area contributed by atoms with Crippen LogP contribution in [0.1, 0.15) is 26.2 Å². The molecule has 1 heterocycles. The summed E-state index contributed by atoms with van der Waals surface area (Å²) in [5.74, 6) is 0.0114. The zero-order valence-corrected chi connectivity index (χ0v) is 10.8. The van der Waals surface area contributed by atoms with Crippen LogP contribution in [0.5, 0.6) is 5.75 Å². The fourth-order valence-electron chi connectivity index (χ4n) is 2.22. The maximum atomic E-state index is 13.6. The number of hydrogen-bond acceptors (Lipinski definition) is 3. The smallest absolute Gasteiger partial charge is 0.167 e.